The first-order chi connectivity index (χ1) is 9.50. The molecule has 0 heterocycles. The Morgan fingerprint density at radius 2 is 1.85 bits per heavy atom. The molecule has 0 amide bonds. The van der Waals surface area contributed by atoms with Gasteiger partial charge in [0.05, 0.1) is 0 Å². The fourth-order valence-corrected chi connectivity index (χ4v) is 3.45. The molecule has 0 saturated heterocycles. The molecule has 1 aromatic rings. The van der Waals surface area contributed by atoms with Crippen molar-refractivity contribution in [1.29, 1.82) is 0 Å². The molecular weight excluding hydrogens is 284 g/mol. The molecule has 0 bridgehead atoms. The van der Waals surface area contributed by atoms with Gasteiger partial charge in [0, 0.05) is 6.54 Å². The van der Waals surface area contributed by atoms with Crippen LogP contribution in [0.5, 0.6) is 0 Å². The van der Waals surface area contributed by atoms with Gasteiger partial charge in [-0.15, -0.1) is 0 Å². The van der Waals surface area contributed by atoms with Crippen LogP contribution in [0.15, 0.2) is 34.7 Å². The highest BCUT2D eigenvalue weighted by Crippen LogP contribution is 2.21. The monoisotopic (exact) mass is 301 g/mol. The predicted molar refractivity (Wildman–Crippen MR) is 72.7 cm³/mol. The number of allylic oxidation sites excluding steroid dienone is 1. The van der Waals surface area contributed by atoms with Crippen LogP contribution < -0.4 is 4.72 Å². The maximum Gasteiger partial charge on any atom is 0.246 e. The van der Waals surface area contributed by atoms with Crippen molar-refractivity contribution in [2.24, 2.45) is 0 Å². The Labute approximate surface area is 117 Å². The van der Waals surface area contributed by atoms with Crippen LogP contribution in [-0.2, 0) is 10.0 Å². The second kappa shape index (κ2) is 6.45. The third-order valence-electron chi connectivity index (χ3n) is 3.31. The number of benzene rings is 1. The topological polar surface area (TPSA) is 46.2 Å². The van der Waals surface area contributed by atoms with Crippen LogP contribution in [-0.4, -0.2) is 15.0 Å². The zero-order chi connectivity index (χ0) is 14.6. The Morgan fingerprint density at radius 1 is 1.15 bits per heavy atom. The number of halogens is 2. The highest BCUT2D eigenvalue weighted by molar-refractivity contribution is 7.89. The fraction of sp³-hybridized carbons (Fsp3) is 0.429. The van der Waals surface area contributed by atoms with E-state index >= 15 is 0 Å². The summed E-state index contributed by atoms with van der Waals surface area (Å²) in [6.45, 7) is 0.155. The smallest absolute Gasteiger partial charge is 0.211 e. The summed E-state index contributed by atoms with van der Waals surface area (Å²) in [5, 5.41) is 0. The van der Waals surface area contributed by atoms with E-state index in [1.807, 2.05) is 0 Å². The molecule has 1 aromatic carbocycles. The van der Waals surface area contributed by atoms with Crippen molar-refractivity contribution in [3.05, 3.63) is 41.5 Å². The quantitative estimate of drug-likeness (QED) is 0.849. The van der Waals surface area contributed by atoms with Gasteiger partial charge in [0.1, 0.15) is 11.6 Å². The lowest BCUT2D eigenvalue weighted by Gasteiger charge is -2.13. The van der Waals surface area contributed by atoms with Crippen molar-refractivity contribution < 1.29 is 17.2 Å². The minimum Gasteiger partial charge on any atom is -0.211 e. The van der Waals surface area contributed by atoms with Crippen LogP contribution in [0.25, 0.3) is 0 Å². The number of hydrogen-bond acceptors (Lipinski definition) is 2. The Hall–Kier alpha value is -1.27. The lowest BCUT2D eigenvalue weighted by atomic mass is 9.97. The second-order valence-electron chi connectivity index (χ2n) is 4.81. The normalized spacial score (nSPS) is 16.0. The Morgan fingerprint density at radius 3 is 2.45 bits per heavy atom. The summed E-state index contributed by atoms with van der Waals surface area (Å²) in [6.07, 6.45) is 6.95. The van der Waals surface area contributed by atoms with Gasteiger partial charge >= 0.3 is 0 Å². The van der Waals surface area contributed by atoms with Gasteiger partial charge in [0.25, 0.3) is 0 Å². The Bertz CT molecular complexity index is 591. The lowest BCUT2D eigenvalue weighted by Crippen LogP contribution is -2.27. The van der Waals surface area contributed by atoms with Gasteiger partial charge in [-0.3, -0.25) is 0 Å². The summed E-state index contributed by atoms with van der Waals surface area (Å²) in [6, 6.07) is 3.00. The molecule has 110 valence electrons. The summed E-state index contributed by atoms with van der Waals surface area (Å²) < 4.78 is 53.0. The van der Waals surface area contributed by atoms with Gasteiger partial charge < -0.3 is 0 Å². The zero-order valence-electron chi connectivity index (χ0n) is 11.0. The summed E-state index contributed by atoms with van der Waals surface area (Å²) in [7, 11) is -4.15. The van der Waals surface area contributed by atoms with Crippen LogP contribution in [0.2, 0.25) is 0 Å². The first kappa shape index (κ1) is 15.1. The van der Waals surface area contributed by atoms with E-state index in [1.54, 1.807) is 0 Å². The average molecular weight is 301 g/mol. The van der Waals surface area contributed by atoms with Crippen LogP contribution >= 0.6 is 0 Å². The molecule has 20 heavy (non-hydrogen) atoms. The molecule has 0 atom stereocenters. The van der Waals surface area contributed by atoms with Crippen LogP contribution in [0, 0.1) is 11.6 Å². The number of hydrogen-bond donors (Lipinski definition) is 1. The van der Waals surface area contributed by atoms with Crippen molar-refractivity contribution >= 4 is 10.0 Å². The minimum atomic E-state index is -4.15. The van der Waals surface area contributed by atoms with Gasteiger partial charge in [-0.05, 0) is 44.2 Å². The zero-order valence-corrected chi connectivity index (χ0v) is 11.8. The van der Waals surface area contributed by atoms with E-state index in [0.717, 1.165) is 43.9 Å². The van der Waals surface area contributed by atoms with Gasteiger partial charge in [0.2, 0.25) is 10.0 Å². The Kier molecular flexibility index (Phi) is 4.88. The maximum atomic E-state index is 13.5. The molecule has 0 radical (unpaired) electrons. The molecule has 0 spiro atoms. The lowest BCUT2D eigenvalue weighted by molar-refractivity contribution is 0.513. The third kappa shape index (κ3) is 3.64. The van der Waals surface area contributed by atoms with E-state index in [1.165, 1.54) is 5.57 Å². The van der Waals surface area contributed by atoms with Crippen molar-refractivity contribution in [3.63, 3.8) is 0 Å². The molecule has 0 unspecified atom stereocenters. The summed E-state index contributed by atoms with van der Waals surface area (Å²) in [5.74, 6) is -2.15. The average Bonchev–Trinajstić information content (AvgIpc) is 2.39. The first-order valence-electron chi connectivity index (χ1n) is 6.62. The SMILES string of the molecule is O=S(=O)(NCCC1=CCCCC1)c1c(F)cccc1F. The predicted octanol–water partition coefficient (Wildman–Crippen LogP) is 3.13. The number of sulfonamides is 1. The van der Waals surface area contributed by atoms with E-state index in [9.17, 15) is 17.2 Å². The van der Waals surface area contributed by atoms with Crippen LogP contribution in [0.1, 0.15) is 32.1 Å². The van der Waals surface area contributed by atoms with E-state index < -0.39 is 26.6 Å². The van der Waals surface area contributed by atoms with Gasteiger partial charge in [-0.1, -0.05) is 17.7 Å². The molecule has 0 fully saturated rings. The molecule has 0 aliphatic heterocycles. The molecule has 1 aliphatic rings. The summed E-state index contributed by atoms with van der Waals surface area (Å²) >= 11 is 0. The van der Waals surface area contributed by atoms with E-state index in [2.05, 4.69) is 10.8 Å². The van der Waals surface area contributed by atoms with E-state index in [-0.39, 0.29) is 6.54 Å². The molecule has 0 saturated carbocycles. The first-order valence-corrected chi connectivity index (χ1v) is 8.10. The van der Waals surface area contributed by atoms with Gasteiger partial charge in [-0.25, -0.2) is 21.9 Å². The Balaban J connectivity index is 2.02. The second-order valence-corrected chi connectivity index (χ2v) is 6.51. The number of rotatable bonds is 5. The molecular formula is C14H17F2NO2S. The molecule has 6 heteroatoms. The molecule has 2 rings (SSSR count). The largest absolute Gasteiger partial charge is 0.246 e. The number of nitrogens with one attached hydrogen (secondary N) is 1. The van der Waals surface area contributed by atoms with Crippen LogP contribution in [0.4, 0.5) is 8.78 Å². The van der Waals surface area contributed by atoms with Gasteiger partial charge in [-0.2, -0.15) is 0 Å². The summed E-state index contributed by atoms with van der Waals surface area (Å²) in [5.41, 5.74) is 1.20. The minimum absolute atomic E-state index is 0.155. The van der Waals surface area contributed by atoms with Crippen molar-refractivity contribution in [2.45, 2.75) is 37.0 Å². The van der Waals surface area contributed by atoms with Crippen molar-refractivity contribution in [2.75, 3.05) is 6.54 Å². The van der Waals surface area contributed by atoms with Crippen molar-refractivity contribution in [1.82, 2.24) is 4.72 Å². The van der Waals surface area contributed by atoms with Crippen molar-refractivity contribution in [3.8, 4) is 0 Å². The molecule has 1 aliphatic carbocycles. The highest BCUT2D eigenvalue weighted by atomic mass is 32.2. The fourth-order valence-electron chi connectivity index (χ4n) is 2.29. The van der Waals surface area contributed by atoms with E-state index in [0.29, 0.717) is 6.42 Å². The third-order valence-corrected chi connectivity index (χ3v) is 4.82. The highest BCUT2D eigenvalue weighted by Gasteiger charge is 2.23. The van der Waals surface area contributed by atoms with Gasteiger partial charge in [0.15, 0.2) is 4.90 Å². The molecule has 3 nitrogen and oxygen atoms in total. The van der Waals surface area contributed by atoms with E-state index in [4.69, 9.17) is 0 Å². The standard InChI is InChI=1S/C14H17F2NO2S/c15-12-7-4-8-13(16)14(12)20(18,19)17-10-9-11-5-2-1-3-6-11/h4-5,7-8,17H,1-3,6,9-10H2. The van der Waals surface area contributed by atoms with Crippen LogP contribution in [0.3, 0.4) is 0 Å². The molecule has 1 N–H and O–H groups in total. The molecule has 0 aromatic heterocycles. The maximum absolute atomic E-state index is 13.5. The summed E-state index contributed by atoms with van der Waals surface area (Å²) in [4.78, 5) is -0.905.